The first-order valence-corrected chi connectivity index (χ1v) is 18.1. The Hall–Kier alpha value is -3.77. The first-order chi connectivity index (χ1) is 23.5. The van der Waals surface area contributed by atoms with Gasteiger partial charge in [-0.3, -0.25) is 13.9 Å². The van der Waals surface area contributed by atoms with Crippen molar-refractivity contribution in [1.82, 2.24) is 10.2 Å². The van der Waals surface area contributed by atoms with Gasteiger partial charge in [0.2, 0.25) is 11.8 Å². The molecule has 1 N–H and O–H groups in total. The van der Waals surface area contributed by atoms with Crippen LogP contribution in [0, 0.1) is 12.8 Å². The molecule has 4 aromatic carbocycles. The van der Waals surface area contributed by atoms with E-state index >= 15 is 0 Å². The Balaban J connectivity index is 1.88. The lowest BCUT2D eigenvalue weighted by molar-refractivity contribution is -0.140. The fourth-order valence-corrected chi connectivity index (χ4v) is 7.16. The monoisotopic (exact) mass is 767 g/mol. The van der Waals surface area contributed by atoms with Crippen LogP contribution in [-0.2, 0) is 38.8 Å². The van der Waals surface area contributed by atoms with Crippen molar-refractivity contribution in [1.29, 1.82) is 0 Å². The van der Waals surface area contributed by atoms with Gasteiger partial charge in [0.25, 0.3) is 10.0 Å². The molecule has 0 saturated heterocycles. The summed E-state index contributed by atoms with van der Waals surface area (Å²) in [5, 5.41) is 2.73. The number of carbonyl (C=O) groups excluding carboxylic acids is 2. The number of amides is 2. The average Bonchev–Trinajstić information content (AvgIpc) is 3.05. The molecule has 0 aliphatic heterocycles. The summed E-state index contributed by atoms with van der Waals surface area (Å²) in [6.07, 6.45) is -4.89. The zero-order valence-corrected chi connectivity index (χ0v) is 30.4. The molecule has 0 aliphatic carbocycles. The number of rotatable bonds is 13. The highest BCUT2D eigenvalue weighted by atomic mass is 35.5. The molecule has 14 heteroatoms. The van der Waals surface area contributed by atoms with Gasteiger partial charge in [-0.25, -0.2) is 8.42 Å². The highest BCUT2D eigenvalue weighted by molar-refractivity contribution is 7.92. The first-order valence-electron chi connectivity index (χ1n) is 15.5. The van der Waals surface area contributed by atoms with Crippen LogP contribution in [0.25, 0.3) is 0 Å². The molecule has 7 nitrogen and oxygen atoms in total. The van der Waals surface area contributed by atoms with Crippen molar-refractivity contribution in [3.8, 4) is 0 Å². The molecule has 0 heterocycles. The van der Waals surface area contributed by atoms with Crippen molar-refractivity contribution in [2.75, 3.05) is 17.4 Å². The number of nitrogens with one attached hydrogen (secondary N) is 1. The number of nitrogens with zero attached hydrogens (tertiary/aromatic N) is 2. The molecule has 0 spiro atoms. The van der Waals surface area contributed by atoms with Crippen molar-refractivity contribution in [3.05, 3.63) is 128 Å². The van der Waals surface area contributed by atoms with Crippen LogP contribution in [0.5, 0.6) is 0 Å². The van der Waals surface area contributed by atoms with E-state index in [9.17, 15) is 31.2 Å². The van der Waals surface area contributed by atoms with Crippen molar-refractivity contribution < 1.29 is 31.2 Å². The van der Waals surface area contributed by atoms with Crippen LogP contribution in [0.3, 0.4) is 0 Å². The Bertz CT molecular complexity index is 1930. The van der Waals surface area contributed by atoms with Crippen molar-refractivity contribution in [2.24, 2.45) is 5.92 Å². The minimum Gasteiger partial charge on any atom is -0.354 e. The van der Waals surface area contributed by atoms with Crippen molar-refractivity contribution in [2.45, 2.75) is 50.9 Å². The zero-order valence-electron chi connectivity index (χ0n) is 27.3. The number of benzene rings is 4. The Labute approximate surface area is 305 Å². The van der Waals surface area contributed by atoms with Crippen LogP contribution >= 0.6 is 34.8 Å². The third-order valence-corrected chi connectivity index (χ3v) is 10.4. The number of aryl methyl sites for hydroxylation is 1. The molecule has 0 radical (unpaired) electrons. The van der Waals surface area contributed by atoms with Crippen LogP contribution < -0.4 is 9.62 Å². The van der Waals surface area contributed by atoms with Crippen LogP contribution in [-0.4, -0.2) is 44.3 Å². The third kappa shape index (κ3) is 9.93. The molecule has 50 heavy (non-hydrogen) atoms. The Morgan fingerprint density at radius 1 is 0.860 bits per heavy atom. The number of anilines is 1. The molecule has 266 valence electrons. The predicted octanol–water partition coefficient (Wildman–Crippen LogP) is 8.58. The van der Waals surface area contributed by atoms with Gasteiger partial charge in [-0.05, 0) is 66.4 Å². The standard InChI is InChI=1S/C36H35Cl3F3N3O4S/c1-23(2)20-43-35(47)33(17-25-7-5-4-6-8-25)44(21-26-11-12-27(37)18-32(26)39)34(46)22-45(50(48,49)29-14-9-24(3)10-15-29)28-13-16-31(38)30(19-28)36(40,41)42/h4-16,18-19,23,33H,17,20-22H2,1-3H3,(H,43,47)/t33-/m1/s1. The van der Waals surface area contributed by atoms with Crippen molar-refractivity contribution >= 4 is 62.3 Å². The van der Waals surface area contributed by atoms with E-state index in [2.05, 4.69) is 5.32 Å². The fraction of sp³-hybridized carbons (Fsp3) is 0.278. The summed E-state index contributed by atoms with van der Waals surface area (Å²) in [7, 11) is -4.66. The van der Waals surface area contributed by atoms with Gasteiger partial charge in [0.1, 0.15) is 12.6 Å². The highest BCUT2D eigenvalue weighted by Gasteiger charge is 2.38. The van der Waals surface area contributed by atoms with Gasteiger partial charge in [-0.2, -0.15) is 13.2 Å². The summed E-state index contributed by atoms with van der Waals surface area (Å²) in [6, 6.07) is 20.6. The lowest BCUT2D eigenvalue weighted by Crippen LogP contribution is -2.53. The summed E-state index contributed by atoms with van der Waals surface area (Å²) < 4.78 is 71.0. The van der Waals surface area contributed by atoms with Crippen molar-refractivity contribution in [3.63, 3.8) is 0 Å². The van der Waals surface area contributed by atoms with Gasteiger partial charge in [-0.15, -0.1) is 0 Å². The van der Waals surface area contributed by atoms with Gasteiger partial charge in [0, 0.05) is 29.6 Å². The molecule has 0 unspecified atom stereocenters. The summed E-state index contributed by atoms with van der Waals surface area (Å²) in [5.41, 5.74) is 0.100. The van der Waals surface area contributed by atoms with Crippen LogP contribution in [0.2, 0.25) is 15.1 Å². The molecular formula is C36H35Cl3F3N3O4S. The molecule has 0 fully saturated rings. The molecule has 1 atom stereocenters. The van der Waals surface area contributed by atoms with Gasteiger partial charge >= 0.3 is 6.18 Å². The number of halogens is 6. The smallest absolute Gasteiger partial charge is 0.354 e. The number of carbonyl (C=O) groups is 2. The predicted molar refractivity (Wildman–Crippen MR) is 191 cm³/mol. The lowest BCUT2D eigenvalue weighted by atomic mass is 10.0. The SMILES string of the molecule is Cc1ccc(S(=O)(=O)N(CC(=O)N(Cc2ccc(Cl)cc2Cl)[C@H](Cc2ccccc2)C(=O)NCC(C)C)c2ccc(Cl)c(C(F)(F)F)c2)cc1. The molecule has 0 saturated carbocycles. The van der Waals surface area contributed by atoms with E-state index < -0.39 is 56.9 Å². The van der Waals surface area contributed by atoms with Gasteiger partial charge < -0.3 is 10.2 Å². The van der Waals surface area contributed by atoms with E-state index in [-0.39, 0.29) is 35.3 Å². The number of sulfonamides is 1. The van der Waals surface area contributed by atoms with E-state index in [1.54, 1.807) is 49.4 Å². The normalized spacial score (nSPS) is 12.4. The average molecular weight is 769 g/mol. The van der Waals surface area contributed by atoms with E-state index in [0.717, 1.165) is 17.7 Å². The second kappa shape index (κ2) is 16.5. The highest BCUT2D eigenvalue weighted by Crippen LogP contribution is 2.38. The van der Waals surface area contributed by atoms with E-state index in [1.807, 2.05) is 13.8 Å². The molecule has 2 amide bonds. The lowest BCUT2D eigenvalue weighted by Gasteiger charge is -2.34. The van der Waals surface area contributed by atoms with Crippen LogP contribution in [0.15, 0.2) is 95.9 Å². The quantitative estimate of drug-likeness (QED) is 0.148. The third-order valence-electron chi connectivity index (χ3n) is 7.74. The largest absolute Gasteiger partial charge is 0.417 e. The minimum absolute atomic E-state index is 0.0333. The summed E-state index contributed by atoms with van der Waals surface area (Å²) in [4.78, 5) is 29.4. The second-order valence-electron chi connectivity index (χ2n) is 12.1. The second-order valence-corrected chi connectivity index (χ2v) is 15.2. The van der Waals surface area contributed by atoms with Crippen LogP contribution in [0.4, 0.5) is 18.9 Å². The summed E-state index contributed by atoms with van der Waals surface area (Å²) in [6.45, 7) is 4.60. The maximum atomic E-state index is 14.6. The minimum atomic E-state index is -4.93. The van der Waals surface area contributed by atoms with Gasteiger partial charge in [0.15, 0.2) is 0 Å². The maximum absolute atomic E-state index is 14.6. The maximum Gasteiger partial charge on any atom is 0.417 e. The van der Waals surface area contributed by atoms with Gasteiger partial charge in [-0.1, -0.05) is 103 Å². The van der Waals surface area contributed by atoms with Crippen LogP contribution in [0.1, 0.15) is 36.1 Å². The molecular weight excluding hydrogens is 734 g/mol. The topological polar surface area (TPSA) is 86.8 Å². The number of hydrogen-bond donors (Lipinski definition) is 1. The Morgan fingerprint density at radius 2 is 1.52 bits per heavy atom. The molecule has 4 aromatic rings. The zero-order chi connectivity index (χ0) is 36.8. The molecule has 0 aliphatic rings. The first kappa shape index (κ1) is 39.0. The molecule has 0 aromatic heterocycles. The molecule has 4 rings (SSSR count). The summed E-state index contributed by atoms with van der Waals surface area (Å²) >= 11 is 18.5. The van der Waals surface area contributed by atoms with Gasteiger partial charge in [0.05, 0.1) is 21.2 Å². The summed E-state index contributed by atoms with van der Waals surface area (Å²) in [5.74, 6) is -1.33. The number of hydrogen-bond acceptors (Lipinski definition) is 4. The molecule has 0 bridgehead atoms. The fourth-order valence-electron chi connectivity index (χ4n) is 5.06. The van der Waals surface area contributed by atoms with E-state index in [0.29, 0.717) is 26.5 Å². The Morgan fingerprint density at radius 3 is 2.12 bits per heavy atom. The van der Waals surface area contributed by atoms with E-state index in [1.165, 1.54) is 35.2 Å². The van der Waals surface area contributed by atoms with E-state index in [4.69, 9.17) is 34.8 Å². The Kier molecular flexibility index (Phi) is 12.9. The number of alkyl halides is 3.